The molecule has 0 aromatic heterocycles. The Balaban J connectivity index is 1.85. The molecule has 34 heavy (non-hydrogen) atoms. The fourth-order valence-corrected chi connectivity index (χ4v) is 4.17. The maximum atomic E-state index is 12.8. The molecule has 3 rings (SSSR count). The van der Waals surface area contributed by atoms with E-state index in [0.717, 1.165) is 21.1 Å². The van der Waals surface area contributed by atoms with Crippen molar-refractivity contribution in [2.45, 2.75) is 26.9 Å². The van der Waals surface area contributed by atoms with E-state index < -0.39 is 5.91 Å². The van der Waals surface area contributed by atoms with Gasteiger partial charge < -0.3 is 14.8 Å². The Hall–Kier alpha value is -3.02. The second kappa shape index (κ2) is 12.4. The van der Waals surface area contributed by atoms with E-state index in [0.29, 0.717) is 41.0 Å². The Morgan fingerprint density at radius 3 is 2.53 bits per heavy atom. The van der Waals surface area contributed by atoms with Gasteiger partial charge in [-0.05, 0) is 89.0 Å². The third-order valence-electron chi connectivity index (χ3n) is 4.95. The average Bonchev–Trinajstić information content (AvgIpc) is 2.83. The molecule has 1 N–H and O–H groups in total. The van der Waals surface area contributed by atoms with E-state index in [4.69, 9.17) is 21.1 Å². The highest BCUT2D eigenvalue weighted by atomic mass is 127. The summed E-state index contributed by atoms with van der Waals surface area (Å²) in [5, 5.41) is 13.2. The van der Waals surface area contributed by atoms with Crippen LogP contribution in [0, 0.1) is 14.9 Å². The van der Waals surface area contributed by atoms with E-state index in [1.807, 2.05) is 74.5 Å². The Morgan fingerprint density at radius 2 is 1.85 bits per heavy atom. The Morgan fingerprint density at radius 1 is 1.12 bits per heavy atom. The number of hydrogen-bond acceptors (Lipinski definition) is 4. The van der Waals surface area contributed by atoms with Crippen LogP contribution in [-0.4, -0.2) is 12.5 Å². The highest BCUT2D eigenvalue weighted by Gasteiger charge is 2.15. The summed E-state index contributed by atoms with van der Waals surface area (Å²) in [6.45, 7) is 4.70. The monoisotopic (exact) mass is 586 g/mol. The first-order valence-corrected chi connectivity index (χ1v) is 12.3. The van der Waals surface area contributed by atoms with Crippen LogP contribution >= 0.6 is 34.2 Å². The number of rotatable bonds is 9. The molecular formula is C27H24ClIN2O3. The number of amides is 1. The normalized spacial score (nSPS) is 11.0. The molecule has 0 aliphatic rings. The number of nitriles is 1. The molecule has 0 unspecified atom stereocenters. The number of carbonyl (C=O) groups excluding carboxylic acids is 1. The van der Waals surface area contributed by atoms with Crippen molar-refractivity contribution in [1.29, 1.82) is 5.26 Å². The first-order valence-electron chi connectivity index (χ1n) is 10.8. The molecule has 1 amide bonds. The third kappa shape index (κ3) is 6.75. The molecular weight excluding hydrogens is 563 g/mol. The molecule has 0 saturated carbocycles. The maximum Gasteiger partial charge on any atom is 0.266 e. The van der Waals surface area contributed by atoms with Gasteiger partial charge in [-0.1, -0.05) is 48.9 Å². The molecule has 0 radical (unpaired) electrons. The molecule has 0 aliphatic carbocycles. The van der Waals surface area contributed by atoms with Gasteiger partial charge in [0.05, 0.1) is 10.2 Å². The van der Waals surface area contributed by atoms with Crippen LogP contribution in [0.5, 0.6) is 11.5 Å². The number of anilines is 1. The van der Waals surface area contributed by atoms with Crippen LogP contribution in [0.3, 0.4) is 0 Å². The Bertz CT molecular complexity index is 1230. The van der Waals surface area contributed by atoms with Gasteiger partial charge in [0.1, 0.15) is 18.2 Å². The van der Waals surface area contributed by atoms with E-state index in [-0.39, 0.29) is 5.57 Å². The number of ether oxygens (including phenoxy) is 2. The number of para-hydroxylation sites is 1. The summed E-state index contributed by atoms with van der Waals surface area (Å²) in [7, 11) is 0. The SMILES string of the molecule is CCOc1cc(/C=C(\C#N)C(=O)Nc2ccccc2CC)cc(I)c1OCc1ccc(Cl)cc1. The van der Waals surface area contributed by atoms with Crippen LogP contribution in [0.25, 0.3) is 6.08 Å². The van der Waals surface area contributed by atoms with Gasteiger partial charge in [-0.3, -0.25) is 4.79 Å². The topological polar surface area (TPSA) is 71.3 Å². The smallest absolute Gasteiger partial charge is 0.266 e. The van der Waals surface area contributed by atoms with Gasteiger partial charge in [0.2, 0.25) is 0 Å². The molecule has 0 aliphatic heterocycles. The Labute approximate surface area is 218 Å². The van der Waals surface area contributed by atoms with Gasteiger partial charge in [0.15, 0.2) is 11.5 Å². The van der Waals surface area contributed by atoms with Crippen LogP contribution in [0.4, 0.5) is 5.69 Å². The highest BCUT2D eigenvalue weighted by Crippen LogP contribution is 2.35. The molecule has 0 atom stereocenters. The second-order valence-corrected chi connectivity index (χ2v) is 8.91. The Kier molecular flexibility index (Phi) is 9.37. The van der Waals surface area contributed by atoms with Crippen molar-refractivity contribution in [2.24, 2.45) is 0 Å². The molecule has 0 heterocycles. The van der Waals surface area contributed by atoms with Crippen molar-refractivity contribution in [1.82, 2.24) is 0 Å². The van der Waals surface area contributed by atoms with E-state index in [2.05, 4.69) is 27.9 Å². The van der Waals surface area contributed by atoms with Gasteiger partial charge in [-0.2, -0.15) is 5.26 Å². The van der Waals surface area contributed by atoms with Gasteiger partial charge in [0.25, 0.3) is 5.91 Å². The molecule has 3 aromatic rings. The predicted octanol–water partition coefficient (Wildman–Crippen LogP) is 7.03. The number of aryl methyl sites for hydroxylation is 1. The van der Waals surface area contributed by atoms with E-state index in [9.17, 15) is 10.1 Å². The zero-order chi connectivity index (χ0) is 24.5. The van der Waals surface area contributed by atoms with Crippen LogP contribution in [0.2, 0.25) is 5.02 Å². The minimum absolute atomic E-state index is 0.000938. The molecule has 174 valence electrons. The van der Waals surface area contributed by atoms with Gasteiger partial charge in [0, 0.05) is 10.7 Å². The summed E-state index contributed by atoms with van der Waals surface area (Å²) in [4.78, 5) is 12.8. The summed E-state index contributed by atoms with van der Waals surface area (Å²) in [5.74, 6) is 0.692. The number of nitrogens with zero attached hydrogens (tertiary/aromatic N) is 1. The summed E-state index contributed by atoms with van der Waals surface area (Å²) in [6.07, 6.45) is 2.33. The molecule has 3 aromatic carbocycles. The van der Waals surface area contributed by atoms with Crippen molar-refractivity contribution < 1.29 is 14.3 Å². The summed E-state index contributed by atoms with van der Waals surface area (Å²) in [6, 6.07) is 20.6. The number of hydrogen-bond donors (Lipinski definition) is 1. The quantitative estimate of drug-likeness (QED) is 0.166. The number of nitrogens with one attached hydrogen (secondary N) is 1. The van der Waals surface area contributed by atoms with Crippen LogP contribution < -0.4 is 14.8 Å². The first kappa shape index (κ1) is 25.6. The first-order chi connectivity index (χ1) is 16.4. The molecule has 5 nitrogen and oxygen atoms in total. The molecule has 7 heteroatoms. The average molecular weight is 587 g/mol. The predicted molar refractivity (Wildman–Crippen MR) is 144 cm³/mol. The zero-order valence-corrected chi connectivity index (χ0v) is 21.8. The van der Waals surface area contributed by atoms with Crippen molar-refractivity contribution in [3.63, 3.8) is 0 Å². The fourth-order valence-electron chi connectivity index (χ4n) is 3.27. The standard InChI is InChI=1S/C27H24ClIN2O3/c1-3-20-7-5-6-8-24(20)31-27(32)21(16-30)13-19-14-23(29)26(25(15-19)33-4-2)34-17-18-9-11-22(28)12-10-18/h5-15H,3-4,17H2,1-2H3,(H,31,32)/b21-13+. The van der Waals surface area contributed by atoms with Crippen LogP contribution in [0.1, 0.15) is 30.5 Å². The number of halogens is 2. The van der Waals surface area contributed by atoms with Crippen LogP contribution in [0.15, 0.2) is 66.2 Å². The largest absolute Gasteiger partial charge is 0.490 e. The van der Waals surface area contributed by atoms with E-state index >= 15 is 0 Å². The van der Waals surface area contributed by atoms with Gasteiger partial charge >= 0.3 is 0 Å². The molecule has 0 fully saturated rings. The van der Waals surface area contributed by atoms with E-state index in [1.165, 1.54) is 0 Å². The highest BCUT2D eigenvalue weighted by molar-refractivity contribution is 14.1. The summed E-state index contributed by atoms with van der Waals surface area (Å²) in [5.41, 5.74) is 3.35. The van der Waals surface area contributed by atoms with Crippen molar-refractivity contribution in [3.8, 4) is 17.6 Å². The molecule has 0 spiro atoms. The third-order valence-corrected chi connectivity index (χ3v) is 6.00. The minimum Gasteiger partial charge on any atom is -0.490 e. The lowest BCUT2D eigenvalue weighted by Gasteiger charge is -2.15. The van der Waals surface area contributed by atoms with Crippen molar-refractivity contribution >= 4 is 51.9 Å². The summed E-state index contributed by atoms with van der Waals surface area (Å²) < 4.78 is 12.7. The van der Waals surface area contributed by atoms with Gasteiger partial charge in [-0.25, -0.2) is 0 Å². The van der Waals surface area contributed by atoms with Crippen molar-refractivity contribution in [3.05, 3.63) is 91.5 Å². The lowest BCUT2D eigenvalue weighted by molar-refractivity contribution is -0.112. The van der Waals surface area contributed by atoms with Gasteiger partial charge in [-0.15, -0.1) is 0 Å². The van der Waals surface area contributed by atoms with E-state index in [1.54, 1.807) is 12.1 Å². The lowest BCUT2D eigenvalue weighted by Crippen LogP contribution is -2.14. The van der Waals surface area contributed by atoms with Crippen LogP contribution in [-0.2, 0) is 17.8 Å². The lowest BCUT2D eigenvalue weighted by atomic mass is 10.1. The number of carbonyl (C=O) groups is 1. The fraction of sp³-hybridized carbons (Fsp3) is 0.185. The molecule has 0 bridgehead atoms. The molecule has 0 saturated heterocycles. The number of benzene rings is 3. The maximum absolute atomic E-state index is 12.8. The zero-order valence-electron chi connectivity index (χ0n) is 18.9. The summed E-state index contributed by atoms with van der Waals surface area (Å²) >= 11 is 8.12. The van der Waals surface area contributed by atoms with Crippen molar-refractivity contribution in [2.75, 3.05) is 11.9 Å². The second-order valence-electron chi connectivity index (χ2n) is 7.31. The minimum atomic E-state index is -0.459.